The molecule has 18 heavy (non-hydrogen) atoms. The molecule has 0 aliphatic carbocycles. The van der Waals surface area contributed by atoms with Crippen LogP contribution in [0.2, 0.25) is 0 Å². The second-order valence-electron chi connectivity index (χ2n) is 5.45. The molecule has 0 amide bonds. The Labute approximate surface area is 110 Å². The van der Waals surface area contributed by atoms with E-state index in [0.717, 1.165) is 38.6 Å². The molecular formula is C12H24N2O3S. The van der Waals surface area contributed by atoms with Crippen LogP contribution in [0.3, 0.4) is 0 Å². The summed E-state index contributed by atoms with van der Waals surface area (Å²) in [6, 6.07) is 0.163. The molecule has 0 bridgehead atoms. The molecule has 2 fully saturated rings. The topological polar surface area (TPSA) is 67.4 Å². The summed E-state index contributed by atoms with van der Waals surface area (Å²) in [5, 5.41) is 3.28. The van der Waals surface area contributed by atoms with E-state index < -0.39 is 10.0 Å². The van der Waals surface area contributed by atoms with Crippen molar-refractivity contribution in [1.82, 2.24) is 10.0 Å². The normalized spacial score (nSPS) is 34.4. The maximum atomic E-state index is 12.1. The average molecular weight is 276 g/mol. The Morgan fingerprint density at radius 1 is 1.33 bits per heavy atom. The van der Waals surface area contributed by atoms with E-state index in [1.807, 2.05) is 6.92 Å². The number of rotatable bonds is 4. The highest BCUT2D eigenvalue weighted by Crippen LogP contribution is 2.15. The van der Waals surface area contributed by atoms with E-state index in [0.29, 0.717) is 6.61 Å². The van der Waals surface area contributed by atoms with Crippen molar-refractivity contribution in [3.05, 3.63) is 0 Å². The molecule has 2 aliphatic rings. The number of sulfonamides is 1. The summed E-state index contributed by atoms with van der Waals surface area (Å²) < 4.78 is 32.4. The minimum absolute atomic E-state index is 0.0438. The van der Waals surface area contributed by atoms with Gasteiger partial charge in [-0.05, 0) is 39.2 Å². The first-order valence-electron chi connectivity index (χ1n) is 6.90. The van der Waals surface area contributed by atoms with Crippen LogP contribution < -0.4 is 10.0 Å². The minimum Gasteiger partial charge on any atom is -0.378 e. The van der Waals surface area contributed by atoms with Gasteiger partial charge >= 0.3 is 0 Å². The van der Waals surface area contributed by atoms with Crippen molar-refractivity contribution < 1.29 is 13.2 Å². The highest BCUT2D eigenvalue weighted by molar-refractivity contribution is 7.89. The van der Waals surface area contributed by atoms with Crippen molar-refractivity contribution in [2.24, 2.45) is 0 Å². The zero-order valence-corrected chi connectivity index (χ0v) is 11.8. The average Bonchev–Trinajstić information content (AvgIpc) is 2.28. The first kappa shape index (κ1) is 14.2. The molecule has 2 saturated heterocycles. The summed E-state index contributed by atoms with van der Waals surface area (Å²) in [7, 11) is -3.17. The fraction of sp³-hybridized carbons (Fsp3) is 1.00. The van der Waals surface area contributed by atoms with Crippen molar-refractivity contribution in [3.63, 3.8) is 0 Å². The largest absolute Gasteiger partial charge is 0.378 e. The van der Waals surface area contributed by atoms with E-state index >= 15 is 0 Å². The van der Waals surface area contributed by atoms with Gasteiger partial charge in [-0.2, -0.15) is 0 Å². The monoisotopic (exact) mass is 276 g/mol. The lowest BCUT2D eigenvalue weighted by molar-refractivity contribution is 0.0173. The van der Waals surface area contributed by atoms with E-state index in [2.05, 4.69) is 10.0 Å². The van der Waals surface area contributed by atoms with Gasteiger partial charge in [0.15, 0.2) is 0 Å². The van der Waals surface area contributed by atoms with E-state index in [1.165, 1.54) is 0 Å². The lowest BCUT2D eigenvalue weighted by Crippen LogP contribution is -2.47. The van der Waals surface area contributed by atoms with Gasteiger partial charge in [0.1, 0.15) is 0 Å². The summed E-state index contributed by atoms with van der Waals surface area (Å²) in [6.45, 7) is 3.58. The van der Waals surface area contributed by atoms with Crippen LogP contribution in [0.4, 0.5) is 0 Å². The predicted molar refractivity (Wildman–Crippen MR) is 71.0 cm³/mol. The highest BCUT2D eigenvalue weighted by atomic mass is 32.2. The predicted octanol–water partition coefficient (Wildman–Crippen LogP) is 0.615. The second kappa shape index (κ2) is 6.32. The number of hydrogen-bond donors (Lipinski definition) is 2. The van der Waals surface area contributed by atoms with Gasteiger partial charge in [-0.3, -0.25) is 0 Å². The summed E-state index contributed by atoms with van der Waals surface area (Å²) in [5.74, 6) is 0.207. The number of hydrogen-bond acceptors (Lipinski definition) is 4. The van der Waals surface area contributed by atoms with Gasteiger partial charge in [0, 0.05) is 18.7 Å². The summed E-state index contributed by atoms with van der Waals surface area (Å²) in [5.41, 5.74) is 0. The fourth-order valence-corrected chi connectivity index (χ4v) is 4.37. The Kier molecular flexibility index (Phi) is 5.00. The Hall–Kier alpha value is -0.170. The third-order valence-electron chi connectivity index (χ3n) is 3.66. The maximum Gasteiger partial charge on any atom is 0.213 e. The SMILES string of the molecule is CC1CC(NS(=O)(=O)CC2CCCCN2)CCO1. The Bertz CT molecular complexity index is 352. The third kappa shape index (κ3) is 4.50. The molecule has 3 unspecified atom stereocenters. The number of nitrogens with one attached hydrogen (secondary N) is 2. The van der Waals surface area contributed by atoms with E-state index in [4.69, 9.17) is 4.74 Å². The van der Waals surface area contributed by atoms with Gasteiger partial charge in [0.25, 0.3) is 0 Å². The molecule has 5 nitrogen and oxygen atoms in total. The standard InChI is InChI=1S/C12H24N2O3S/c1-10-8-11(5-7-17-10)14-18(15,16)9-12-4-2-3-6-13-12/h10-14H,2-9H2,1H3. The van der Waals surface area contributed by atoms with Gasteiger partial charge in [-0.15, -0.1) is 0 Å². The molecule has 0 aromatic heterocycles. The van der Waals surface area contributed by atoms with Gasteiger partial charge in [-0.25, -0.2) is 13.1 Å². The zero-order chi connectivity index (χ0) is 13.0. The molecule has 2 rings (SSSR count). The first-order valence-corrected chi connectivity index (χ1v) is 8.55. The highest BCUT2D eigenvalue weighted by Gasteiger charge is 2.26. The van der Waals surface area contributed by atoms with Gasteiger partial charge in [0.2, 0.25) is 10.0 Å². The van der Waals surface area contributed by atoms with Crippen LogP contribution in [0.1, 0.15) is 39.0 Å². The van der Waals surface area contributed by atoms with Crippen LogP contribution in [0.15, 0.2) is 0 Å². The molecule has 2 aliphatic heterocycles. The molecule has 0 aromatic rings. The van der Waals surface area contributed by atoms with Crippen LogP contribution >= 0.6 is 0 Å². The molecule has 0 radical (unpaired) electrons. The zero-order valence-electron chi connectivity index (χ0n) is 11.0. The lowest BCUT2D eigenvalue weighted by atomic mass is 10.1. The Balaban J connectivity index is 1.82. The molecule has 2 heterocycles. The van der Waals surface area contributed by atoms with Crippen LogP contribution in [0.25, 0.3) is 0 Å². The van der Waals surface area contributed by atoms with Crippen molar-refractivity contribution >= 4 is 10.0 Å². The Morgan fingerprint density at radius 2 is 2.17 bits per heavy atom. The number of ether oxygens (including phenoxy) is 1. The van der Waals surface area contributed by atoms with E-state index in [9.17, 15) is 8.42 Å². The summed E-state index contributed by atoms with van der Waals surface area (Å²) >= 11 is 0. The molecular weight excluding hydrogens is 252 g/mol. The van der Waals surface area contributed by atoms with Crippen molar-refractivity contribution in [3.8, 4) is 0 Å². The molecule has 2 N–H and O–H groups in total. The summed E-state index contributed by atoms with van der Waals surface area (Å²) in [4.78, 5) is 0. The van der Waals surface area contributed by atoms with Crippen LogP contribution in [-0.2, 0) is 14.8 Å². The van der Waals surface area contributed by atoms with Crippen molar-refractivity contribution in [1.29, 1.82) is 0 Å². The minimum atomic E-state index is -3.17. The van der Waals surface area contributed by atoms with Gasteiger partial charge in [0.05, 0.1) is 11.9 Å². The van der Waals surface area contributed by atoms with Gasteiger partial charge in [-0.1, -0.05) is 6.42 Å². The third-order valence-corrected chi connectivity index (χ3v) is 5.20. The molecule has 3 atom stereocenters. The lowest BCUT2D eigenvalue weighted by Gasteiger charge is -2.29. The van der Waals surface area contributed by atoms with E-state index in [-0.39, 0.29) is 23.9 Å². The molecule has 0 aromatic carbocycles. The van der Waals surface area contributed by atoms with Crippen molar-refractivity contribution in [2.75, 3.05) is 18.9 Å². The van der Waals surface area contributed by atoms with Crippen LogP contribution in [0.5, 0.6) is 0 Å². The van der Waals surface area contributed by atoms with Crippen LogP contribution in [-0.4, -0.2) is 45.5 Å². The second-order valence-corrected chi connectivity index (χ2v) is 7.25. The van der Waals surface area contributed by atoms with Crippen LogP contribution in [0, 0.1) is 0 Å². The first-order chi connectivity index (χ1) is 8.55. The molecule has 6 heteroatoms. The molecule has 0 saturated carbocycles. The fourth-order valence-electron chi connectivity index (χ4n) is 2.74. The quantitative estimate of drug-likeness (QED) is 0.790. The molecule has 106 valence electrons. The summed E-state index contributed by atoms with van der Waals surface area (Å²) in [6.07, 6.45) is 4.95. The van der Waals surface area contributed by atoms with E-state index in [1.54, 1.807) is 0 Å². The van der Waals surface area contributed by atoms with Crippen molar-refractivity contribution in [2.45, 2.75) is 57.2 Å². The van der Waals surface area contributed by atoms with Gasteiger partial charge < -0.3 is 10.1 Å². The number of piperidine rings is 1. The molecule has 0 spiro atoms. The Morgan fingerprint density at radius 3 is 2.83 bits per heavy atom. The smallest absolute Gasteiger partial charge is 0.213 e. The maximum absolute atomic E-state index is 12.1.